The van der Waals surface area contributed by atoms with Crippen LogP contribution in [0.15, 0.2) is 0 Å². The molecule has 0 aromatic carbocycles. The molecule has 0 aromatic rings. The van der Waals surface area contributed by atoms with Gasteiger partial charge >= 0.3 is 0 Å². The molecule has 2 N–H and O–H groups in total. The number of ether oxygens (including phenoxy) is 1. The van der Waals surface area contributed by atoms with Gasteiger partial charge in [0.25, 0.3) is 0 Å². The van der Waals surface area contributed by atoms with Crippen LogP contribution in [0.1, 0.15) is 19.3 Å². The highest BCUT2D eigenvalue weighted by molar-refractivity contribution is 6.12. The molecule has 2 saturated carbocycles. The number of fused-ring (bicyclic) bond motifs is 2. The van der Waals surface area contributed by atoms with Crippen LogP contribution in [0.25, 0.3) is 0 Å². The van der Waals surface area contributed by atoms with Crippen molar-refractivity contribution in [2.45, 2.75) is 30.9 Å². The van der Waals surface area contributed by atoms with Crippen molar-refractivity contribution in [1.82, 2.24) is 0 Å². The van der Waals surface area contributed by atoms with Crippen molar-refractivity contribution < 1.29 is 14.9 Å². The van der Waals surface area contributed by atoms with Crippen molar-refractivity contribution in [3.05, 3.63) is 0 Å². The van der Waals surface area contributed by atoms with E-state index in [2.05, 4.69) is 0 Å². The maximum Gasteiger partial charge on any atom is 0.100 e. The Morgan fingerprint density at radius 3 is 3.00 bits per heavy atom. The van der Waals surface area contributed by atoms with E-state index in [-0.39, 0.29) is 18.8 Å². The van der Waals surface area contributed by atoms with E-state index in [1.165, 1.54) is 0 Å². The number of aliphatic hydroxyl groups excluding tert-OH is 2. The summed E-state index contributed by atoms with van der Waals surface area (Å²) < 4.78 is 28.5. The normalized spacial score (nSPS) is 44.8. The van der Waals surface area contributed by atoms with Crippen LogP contribution in [-0.2, 0) is 4.74 Å². The minimum atomic E-state index is -3.28. The molecule has 4 heteroatoms. The third kappa shape index (κ3) is 2.61. The number of aliphatic hydroxyl groups is 2. The van der Waals surface area contributed by atoms with Gasteiger partial charge in [0.05, 0.1) is 13.2 Å². The first-order chi connectivity index (χ1) is 8.41. The molecular weight excluding hydrogens is 208 g/mol. The molecule has 2 aliphatic carbocycles. The van der Waals surface area contributed by atoms with Crippen molar-refractivity contribution >= 4 is 10.0 Å². The molecular formula is C11H22O3Si. The Morgan fingerprint density at radius 2 is 2.33 bits per heavy atom. The Morgan fingerprint density at radius 1 is 1.47 bits per heavy atom. The summed E-state index contributed by atoms with van der Waals surface area (Å²) in [5.74, 6) is 1.22. The smallest absolute Gasteiger partial charge is 0.100 e. The van der Waals surface area contributed by atoms with E-state index in [9.17, 15) is 5.11 Å². The third-order valence-electron chi connectivity index (χ3n) is 3.80. The van der Waals surface area contributed by atoms with Gasteiger partial charge in [-0.3, -0.25) is 0 Å². The topological polar surface area (TPSA) is 49.7 Å². The summed E-state index contributed by atoms with van der Waals surface area (Å²) >= 11 is 0. The third-order valence-corrected chi connectivity index (χ3v) is 4.47. The largest absolute Gasteiger partial charge is 0.394 e. The van der Waals surface area contributed by atoms with E-state index in [1.54, 1.807) is 0 Å². The molecule has 2 fully saturated rings. The van der Waals surface area contributed by atoms with Gasteiger partial charge in [0.15, 0.2) is 0 Å². The lowest BCUT2D eigenvalue weighted by Crippen LogP contribution is -2.25. The van der Waals surface area contributed by atoms with Crippen molar-refractivity contribution in [2.75, 3.05) is 19.8 Å². The zero-order valence-electron chi connectivity index (χ0n) is 11.9. The Labute approximate surface area is 97.9 Å². The highest BCUT2D eigenvalue weighted by atomic mass is 28.1. The summed E-state index contributed by atoms with van der Waals surface area (Å²) in [5.41, 5.74) is -0.0346. The molecule has 2 rings (SSSR count). The SMILES string of the molecule is [3H][Si]([3H])([3H])C1CC2CC(COCC(O)CO)C1C2. The highest BCUT2D eigenvalue weighted by Crippen LogP contribution is 2.53. The van der Waals surface area contributed by atoms with E-state index in [1.807, 2.05) is 0 Å². The second-order valence-electron chi connectivity index (χ2n) is 4.98. The van der Waals surface area contributed by atoms with Gasteiger partial charge in [-0.2, -0.15) is 0 Å². The molecule has 0 spiro atoms. The molecule has 5 atom stereocenters. The van der Waals surface area contributed by atoms with Crippen LogP contribution in [-0.4, -0.2) is 49.9 Å². The fourth-order valence-corrected chi connectivity index (χ4v) is 3.84. The second kappa shape index (κ2) is 4.95. The van der Waals surface area contributed by atoms with Crippen LogP contribution in [0, 0.1) is 17.8 Å². The average Bonchev–Trinajstić information content (AvgIpc) is 2.87. The molecule has 0 aliphatic heterocycles. The average molecular weight is 236 g/mol. The summed E-state index contributed by atoms with van der Waals surface area (Å²) in [7, 11) is -3.28. The van der Waals surface area contributed by atoms with Gasteiger partial charge in [0, 0.05) is 20.4 Å². The molecule has 3 nitrogen and oxygen atoms in total. The first kappa shape index (κ1) is 8.23. The first-order valence-corrected chi connectivity index (χ1v) is 6.36. The molecule has 2 bridgehead atoms. The summed E-state index contributed by atoms with van der Waals surface area (Å²) in [6.45, 7) is 0.376. The van der Waals surface area contributed by atoms with Crippen LogP contribution >= 0.6 is 0 Å². The fraction of sp³-hybridized carbons (Fsp3) is 1.00. The minimum absolute atomic E-state index is 0.0346. The van der Waals surface area contributed by atoms with Crippen molar-refractivity contribution in [3.8, 4) is 0 Å². The zero-order chi connectivity index (χ0) is 13.3. The van der Waals surface area contributed by atoms with Gasteiger partial charge < -0.3 is 14.9 Å². The summed E-state index contributed by atoms with van der Waals surface area (Å²) in [6.07, 6.45) is 2.19. The molecule has 88 valence electrons. The van der Waals surface area contributed by atoms with Crippen molar-refractivity contribution in [3.63, 3.8) is 0 Å². The fourth-order valence-electron chi connectivity index (χ4n) is 3.10. The van der Waals surface area contributed by atoms with E-state index in [4.69, 9.17) is 13.5 Å². The molecule has 0 amide bonds. The van der Waals surface area contributed by atoms with Gasteiger partial charge in [-0.1, -0.05) is 12.0 Å². The Hall–Kier alpha value is 0.0969. The van der Waals surface area contributed by atoms with Crippen molar-refractivity contribution in [1.29, 1.82) is 3.70 Å². The summed E-state index contributed by atoms with van der Waals surface area (Å²) in [5, 5.41) is 17.9. The minimum Gasteiger partial charge on any atom is -0.394 e. The quantitative estimate of drug-likeness (QED) is 0.615. The lowest BCUT2D eigenvalue weighted by Gasteiger charge is -2.27. The summed E-state index contributed by atoms with van der Waals surface area (Å²) in [4.78, 5) is 0. The Kier molecular flexibility index (Phi) is 2.72. The summed E-state index contributed by atoms with van der Waals surface area (Å²) in [6, 6.07) is 0. The van der Waals surface area contributed by atoms with Gasteiger partial charge in [-0.25, -0.2) is 0 Å². The first-order valence-electron chi connectivity index (χ1n) is 7.28. The van der Waals surface area contributed by atoms with Gasteiger partial charge in [0.1, 0.15) is 6.10 Å². The van der Waals surface area contributed by atoms with Gasteiger partial charge in [-0.15, -0.1) is 0 Å². The van der Waals surface area contributed by atoms with Crippen LogP contribution in [0.4, 0.5) is 0 Å². The Balaban J connectivity index is 1.81. The number of hydrogen-bond donors (Lipinski definition) is 2. The lowest BCUT2D eigenvalue weighted by molar-refractivity contribution is -0.0104. The molecule has 15 heavy (non-hydrogen) atoms. The number of rotatable bonds is 6. The standard InChI is InChI=1S/C11H22O3Si/c12-4-9(13)6-14-5-8-1-7-2-10(8)11(15)3-7/h7-13H,1-6H2,15H3/i15T3. The predicted octanol–water partition coefficient (Wildman–Crippen LogP) is -0.444. The molecule has 5 unspecified atom stereocenters. The predicted molar refractivity (Wildman–Crippen MR) is 61.9 cm³/mol. The molecule has 0 aromatic heterocycles. The van der Waals surface area contributed by atoms with Crippen LogP contribution in [0.5, 0.6) is 0 Å². The molecule has 0 heterocycles. The number of hydrogen-bond acceptors (Lipinski definition) is 3. The van der Waals surface area contributed by atoms with Crippen molar-refractivity contribution in [2.24, 2.45) is 17.8 Å². The van der Waals surface area contributed by atoms with Crippen LogP contribution in [0.3, 0.4) is 0 Å². The second-order valence-corrected chi connectivity index (χ2v) is 5.72. The van der Waals surface area contributed by atoms with Crippen LogP contribution in [0.2, 0.25) is 5.54 Å². The van der Waals surface area contributed by atoms with E-state index in [0.717, 1.165) is 19.3 Å². The highest BCUT2D eigenvalue weighted by Gasteiger charge is 2.43. The maximum atomic E-state index is 9.19. The van der Waals surface area contributed by atoms with E-state index < -0.39 is 16.1 Å². The maximum absolute atomic E-state index is 9.19. The van der Waals surface area contributed by atoms with Gasteiger partial charge in [-0.05, 0) is 30.6 Å². The zero-order valence-corrected chi connectivity index (χ0v) is 9.93. The lowest BCUT2D eigenvalue weighted by atomic mass is 9.89. The Bertz CT molecular complexity index is 287. The van der Waals surface area contributed by atoms with Gasteiger partial charge in [0.2, 0.25) is 0 Å². The van der Waals surface area contributed by atoms with E-state index >= 15 is 0 Å². The molecule has 2 aliphatic rings. The monoisotopic (exact) mass is 236 g/mol. The molecule has 0 radical (unpaired) electrons. The van der Waals surface area contributed by atoms with Crippen LogP contribution < -0.4 is 0 Å². The van der Waals surface area contributed by atoms with E-state index in [0.29, 0.717) is 24.4 Å². The molecule has 0 saturated heterocycles.